The molecule has 0 radical (unpaired) electrons. The molecule has 2 heteroatoms. The lowest BCUT2D eigenvalue weighted by molar-refractivity contribution is -0.00813. The van der Waals surface area contributed by atoms with E-state index in [1.165, 1.54) is 69.1 Å². The molecule has 5 rings (SSSR count). The summed E-state index contributed by atoms with van der Waals surface area (Å²) in [6.07, 6.45) is 10.0. The second-order valence-electron chi connectivity index (χ2n) is 7.47. The van der Waals surface area contributed by atoms with E-state index in [1.54, 1.807) is 5.56 Å². The van der Waals surface area contributed by atoms with E-state index < -0.39 is 0 Å². The van der Waals surface area contributed by atoms with Crippen molar-refractivity contribution in [3.8, 4) is 0 Å². The zero-order chi connectivity index (χ0) is 14.3. The highest BCUT2D eigenvalue weighted by molar-refractivity contribution is 9.10. The molecule has 4 fully saturated rings. The van der Waals surface area contributed by atoms with Gasteiger partial charge in [0.25, 0.3) is 0 Å². The Balaban J connectivity index is 1.73. The molecule has 0 amide bonds. The monoisotopic (exact) mass is 347 g/mol. The summed E-state index contributed by atoms with van der Waals surface area (Å²) in [7, 11) is 0. The summed E-state index contributed by atoms with van der Waals surface area (Å²) in [5, 5.41) is 0. The summed E-state index contributed by atoms with van der Waals surface area (Å²) in [5.41, 5.74) is 2.08. The summed E-state index contributed by atoms with van der Waals surface area (Å²) in [6, 6.07) is 9.25. The molecule has 1 nitrogen and oxygen atoms in total. The molecule has 3 saturated heterocycles. The van der Waals surface area contributed by atoms with E-state index in [0.29, 0.717) is 5.41 Å². The molecule has 1 atom stereocenters. The van der Waals surface area contributed by atoms with Crippen molar-refractivity contribution >= 4 is 15.9 Å². The van der Waals surface area contributed by atoms with Gasteiger partial charge in [-0.3, -0.25) is 0 Å². The molecule has 3 heterocycles. The minimum absolute atomic E-state index is 0.464. The van der Waals surface area contributed by atoms with Crippen molar-refractivity contribution in [2.24, 2.45) is 11.8 Å². The number of piperidine rings is 3. The largest absolute Gasteiger partial charge is 0.303 e. The maximum atomic E-state index is 3.71. The highest BCUT2D eigenvalue weighted by atomic mass is 79.9. The average molecular weight is 348 g/mol. The smallest absolute Gasteiger partial charge is 0.0178 e. The Morgan fingerprint density at radius 1 is 1.05 bits per heavy atom. The van der Waals surface area contributed by atoms with Gasteiger partial charge >= 0.3 is 0 Å². The maximum absolute atomic E-state index is 3.71. The van der Waals surface area contributed by atoms with Crippen LogP contribution in [0.3, 0.4) is 0 Å². The number of hydrogen-bond acceptors (Lipinski definition) is 1. The molecule has 0 aromatic heterocycles. The standard InChI is InChI=1S/C19H26BrN/c20-17-6-4-5-16(13-17)19(9-2-1-3-10-19)18-14-21-11-7-15(18)8-12-21/h4-6,13,15,18H,1-3,7-12,14H2/t18-/m1/s1. The second kappa shape index (κ2) is 5.70. The van der Waals surface area contributed by atoms with E-state index in [9.17, 15) is 0 Å². The molecule has 4 aliphatic rings. The summed E-state index contributed by atoms with van der Waals surface area (Å²) in [6.45, 7) is 4.07. The second-order valence-corrected chi connectivity index (χ2v) is 8.39. The Morgan fingerprint density at radius 3 is 2.43 bits per heavy atom. The molecule has 2 bridgehead atoms. The molecule has 0 spiro atoms. The highest BCUT2D eigenvalue weighted by Crippen LogP contribution is 2.52. The number of benzene rings is 1. The number of hydrogen-bond donors (Lipinski definition) is 0. The Labute approximate surface area is 137 Å². The van der Waals surface area contributed by atoms with Crippen LogP contribution in [0.4, 0.5) is 0 Å². The molecule has 1 aliphatic carbocycles. The van der Waals surface area contributed by atoms with Crippen molar-refractivity contribution < 1.29 is 0 Å². The third-order valence-electron chi connectivity index (χ3n) is 6.51. The van der Waals surface area contributed by atoms with Crippen LogP contribution in [-0.2, 0) is 5.41 Å². The quantitative estimate of drug-likeness (QED) is 0.728. The fourth-order valence-electron chi connectivity index (χ4n) is 5.45. The predicted molar refractivity (Wildman–Crippen MR) is 91.6 cm³/mol. The first-order valence-electron chi connectivity index (χ1n) is 8.76. The lowest BCUT2D eigenvalue weighted by atomic mass is 9.56. The number of halogens is 1. The molecule has 0 N–H and O–H groups in total. The van der Waals surface area contributed by atoms with Gasteiger partial charge in [0.1, 0.15) is 0 Å². The Kier molecular flexibility index (Phi) is 3.87. The minimum atomic E-state index is 0.464. The van der Waals surface area contributed by atoms with Crippen LogP contribution < -0.4 is 0 Å². The third kappa shape index (κ3) is 2.49. The summed E-state index contributed by atoms with van der Waals surface area (Å²) in [5.74, 6) is 1.88. The van der Waals surface area contributed by atoms with Crippen molar-refractivity contribution in [2.45, 2.75) is 50.4 Å². The number of nitrogens with zero attached hydrogens (tertiary/aromatic N) is 1. The van der Waals surface area contributed by atoms with Gasteiger partial charge in [0.2, 0.25) is 0 Å². The maximum Gasteiger partial charge on any atom is 0.0178 e. The van der Waals surface area contributed by atoms with Crippen molar-refractivity contribution in [3.05, 3.63) is 34.3 Å². The van der Waals surface area contributed by atoms with E-state index in [1.807, 2.05) is 0 Å². The van der Waals surface area contributed by atoms with Gasteiger partial charge in [-0.1, -0.05) is 47.3 Å². The SMILES string of the molecule is Brc1cccc(C2([C@@H]3CN4CCC3CC4)CCCCC2)c1. The van der Waals surface area contributed by atoms with Crippen molar-refractivity contribution in [2.75, 3.05) is 19.6 Å². The first kappa shape index (κ1) is 14.3. The number of fused-ring (bicyclic) bond motifs is 3. The van der Waals surface area contributed by atoms with Crippen molar-refractivity contribution in [3.63, 3.8) is 0 Å². The summed E-state index contributed by atoms with van der Waals surface area (Å²) >= 11 is 3.71. The average Bonchev–Trinajstić information content (AvgIpc) is 2.56. The third-order valence-corrected chi connectivity index (χ3v) is 7.00. The van der Waals surface area contributed by atoms with Crippen LogP contribution in [0.1, 0.15) is 50.5 Å². The highest BCUT2D eigenvalue weighted by Gasteiger charge is 2.48. The zero-order valence-electron chi connectivity index (χ0n) is 12.9. The van der Waals surface area contributed by atoms with Crippen LogP contribution >= 0.6 is 15.9 Å². The fourth-order valence-corrected chi connectivity index (χ4v) is 5.84. The summed E-state index contributed by atoms with van der Waals surface area (Å²) in [4.78, 5) is 2.74. The van der Waals surface area contributed by atoms with E-state index in [0.717, 1.165) is 11.8 Å². The summed E-state index contributed by atoms with van der Waals surface area (Å²) < 4.78 is 1.26. The molecule has 114 valence electrons. The Bertz CT molecular complexity index is 498. The van der Waals surface area contributed by atoms with Crippen molar-refractivity contribution in [1.82, 2.24) is 4.90 Å². The molecular formula is C19H26BrN. The van der Waals surface area contributed by atoms with Crippen molar-refractivity contribution in [1.29, 1.82) is 0 Å². The van der Waals surface area contributed by atoms with Gasteiger partial charge in [0.05, 0.1) is 0 Å². The van der Waals surface area contributed by atoms with Crippen LogP contribution in [-0.4, -0.2) is 24.5 Å². The molecule has 21 heavy (non-hydrogen) atoms. The predicted octanol–water partition coefficient (Wildman–Crippen LogP) is 4.99. The van der Waals surface area contributed by atoms with Gasteiger partial charge in [0, 0.05) is 11.0 Å². The van der Waals surface area contributed by atoms with Crippen LogP contribution in [0.2, 0.25) is 0 Å². The van der Waals surface area contributed by atoms with Gasteiger partial charge in [-0.25, -0.2) is 0 Å². The van der Waals surface area contributed by atoms with Gasteiger partial charge in [-0.2, -0.15) is 0 Å². The van der Waals surface area contributed by atoms with Gasteiger partial charge in [0.15, 0.2) is 0 Å². The van der Waals surface area contributed by atoms with E-state index >= 15 is 0 Å². The first-order valence-corrected chi connectivity index (χ1v) is 9.56. The zero-order valence-corrected chi connectivity index (χ0v) is 14.4. The van der Waals surface area contributed by atoms with E-state index in [-0.39, 0.29) is 0 Å². The van der Waals surface area contributed by atoms with Crippen LogP contribution in [0.5, 0.6) is 0 Å². The van der Waals surface area contributed by atoms with E-state index in [4.69, 9.17) is 0 Å². The Morgan fingerprint density at radius 2 is 1.81 bits per heavy atom. The molecule has 1 aromatic carbocycles. The molecule has 1 saturated carbocycles. The van der Waals surface area contributed by atoms with Gasteiger partial charge in [-0.05, 0) is 73.7 Å². The van der Waals surface area contributed by atoms with E-state index in [2.05, 4.69) is 45.1 Å². The molecule has 1 aromatic rings. The molecular weight excluding hydrogens is 322 g/mol. The lowest BCUT2D eigenvalue weighted by Gasteiger charge is -2.55. The number of rotatable bonds is 2. The topological polar surface area (TPSA) is 3.24 Å². The van der Waals surface area contributed by atoms with Crippen LogP contribution in [0.25, 0.3) is 0 Å². The lowest BCUT2D eigenvalue weighted by Crippen LogP contribution is -2.55. The molecule has 3 aliphatic heterocycles. The Hall–Kier alpha value is -0.340. The van der Waals surface area contributed by atoms with Crippen LogP contribution in [0.15, 0.2) is 28.7 Å². The van der Waals surface area contributed by atoms with Gasteiger partial charge in [-0.15, -0.1) is 0 Å². The van der Waals surface area contributed by atoms with Crippen LogP contribution in [0, 0.1) is 11.8 Å². The fraction of sp³-hybridized carbons (Fsp3) is 0.684. The van der Waals surface area contributed by atoms with Gasteiger partial charge < -0.3 is 4.90 Å². The first-order chi connectivity index (χ1) is 10.3. The normalized spacial score (nSPS) is 34.8. The minimum Gasteiger partial charge on any atom is -0.303 e. The molecule has 0 unspecified atom stereocenters.